The molecule has 43 heavy (non-hydrogen) atoms. The van der Waals surface area contributed by atoms with Crippen LogP contribution < -0.4 is 0 Å². The Labute approximate surface area is 254 Å². The fourth-order valence-electron chi connectivity index (χ4n) is 5.53. The van der Waals surface area contributed by atoms with Crippen LogP contribution in [0.5, 0.6) is 0 Å². The van der Waals surface area contributed by atoms with Gasteiger partial charge in [0.2, 0.25) is 0 Å². The lowest BCUT2D eigenvalue weighted by molar-refractivity contribution is 0.0169. The number of aliphatic imine (C=N–C) groups is 2. The number of hydrogen-bond donors (Lipinski definition) is 0. The Kier molecular flexibility index (Phi) is 8.96. The molecule has 2 heterocycles. The van der Waals surface area contributed by atoms with Crippen molar-refractivity contribution in [3.63, 3.8) is 0 Å². The molecule has 220 valence electrons. The van der Waals surface area contributed by atoms with Crippen LogP contribution in [0.25, 0.3) is 0 Å². The molecule has 0 aliphatic carbocycles. The predicted octanol–water partition coefficient (Wildman–Crippen LogP) is 7.52. The topological polar surface area (TPSA) is 61.6 Å². The van der Waals surface area contributed by atoms with E-state index in [0.29, 0.717) is 38.2 Å². The molecular formula is C37H38N2O4. The fraction of sp³-hybridized carbons (Fsp3) is 0.297. The van der Waals surface area contributed by atoms with Crippen LogP contribution in [0.1, 0.15) is 48.3 Å². The van der Waals surface area contributed by atoms with Crippen LogP contribution in [-0.2, 0) is 32.2 Å². The highest BCUT2D eigenvalue weighted by atomic mass is 16.5. The zero-order valence-corrected chi connectivity index (χ0v) is 24.7. The molecule has 4 aromatic rings. The molecule has 0 unspecified atom stereocenters. The van der Waals surface area contributed by atoms with Gasteiger partial charge in [-0.2, -0.15) is 0 Å². The second-order valence-corrected chi connectivity index (χ2v) is 11.5. The van der Waals surface area contributed by atoms with Crippen molar-refractivity contribution in [1.29, 1.82) is 0 Å². The summed E-state index contributed by atoms with van der Waals surface area (Å²) in [5, 5.41) is 0. The molecule has 2 aliphatic heterocycles. The largest absolute Gasteiger partial charge is 0.478 e. The summed E-state index contributed by atoms with van der Waals surface area (Å²) in [6.07, 6.45) is -0.495. The summed E-state index contributed by atoms with van der Waals surface area (Å²) in [4.78, 5) is 10.1. The minimum atomic E-state index is -0.648. The Hall–Kier alpha value is -4.26. The minimum absolute atomic E-state index is 0.190. The van der Waals surface area contributed by atoms with Crippen LogP contribution in [0, 0.1) is 5.41 Å². The summed E-state index contributed by atoms with van der Waals surface area (Å²) in [7, 11) is 0. The molecule has 0 amide bonds. The Bertz CT molecular complexity index is 1390. The Morgan fingerprint density at radius 1 is 0.581 bits per heavy atom. The summed E-state index contributed by atoms with van der Waals surface area (Å²) in [6.45, 7) is 5.95. The van der Waals surface area contributed by atoms with E-state index in [9.17, 15) is 0 Å². The SMILES string of the molecule is CC(C)(C1=N[C@@H]([C@@H](OCc2ccccc2)c2ccccc2)CO1)C1=N[C@@H]([C@@H](OCc2ccccc2)c2ccccc2)CO1. The maximum atomic E-state index is 6.48. The third-order valence-electron chi connectivity index (χ3n) is 7.92. The lowest BCUT2D eigenvalue weighted by Crippen LogP contribution is -2.34. The molecule has 0 radical (unpaired) electrons. The Morgan fingerprint density at radius 2 is 0.930 bits per heavy atom. The molecule has 0 aromatic heterocycles. The molecule has 4 aromatic carbocycles. The summed E-state index contributed by atoms with van der Waals surface area (Å²) < 4.78 is 25.5. The molecule has 2 aliphatic rings. The monoisotopic (exact) mass is 574 g/mol. The number of rotatable bonds is 12. The van der Waals surface area contributed by atoms with Crippen molar-refractivity contribution in [2.75, 3.05) is 13.2 Å². The second kappa shape index (κ2) is 13.4. The van der Waals surface area contributed by atoms with E-state index in [1.165, 1.54) is 0 Å². The van der Waals surface area contributed by atoms with Crippen molar-refractivity contribution in [3.8, 4) is 0 Å². The van der Waals surface area contributed by atoms with Gasteiger partial charge in [0, 0.05) is 0 Å². The first-order valence-corrected chi connectivity index (χ1v) is 14.9. The molecule has 0 N–H and O–H groups in total. The Morgan fingerprint density at radius 3 is 1.30 bits per heavy atom. The molecule has 0 saturated heterocycles. The quantitative estimate of drug-likeness (QED) is 0.176. The van der Waals surface area contributed by atoms with Crippen molar-refractivity contribution in [3.05, 3.63) is 144 Å². The number of nitrogens with zero attached hydrogens (tertiary/aromatic N) is 2. The molecule has 6 heteroatoms. The van der Waals surface area contributed by atoms with Crippen molar-refractivity contribution in [1.82, 2.24) is 0 Å². The van der Waals surface area contributed by atoms with Crippen LogP contribution in [0.4, 0.5) is 0 Å². The van der Waals surface area contributed by atoms with Crippen molar-refractivity contribution < 1.29 is 18.9 Å². The van der Waals surface area contributed by atoms with Gasteiger partial charge in [-0.15, -0.1) is 0 Å². The molecule has 0 spiro atoms. The number of ether oxygens (including phenoxy) is 4. The van der Waals surface area contributed by atoms with Crippen LogP contribution in [0.15, 0.2) is 131 Å². The zero-order chi connectivity index (χ0) is 29.5. The smallest absolute Gasteiger partial charge is 0.199 e. The average molecular weight is 575 g/mol. The molecular weight excluding hydrogens is 536 g/mol. The highest BCUT2D eigenvalue weighted by molar-refractivity contribution is 6.05. The molecule has 0 fully saturated rings. The zero-order valence-electron chi connectivity index (χ0n) is 24.7. The number of benzene rings is 4. The standard InChI is InChI=1S/C37H38N2O4/c1-37(2,35-38-31(25-42-35)33(29-19-11-5-12-20-29)40-23-27-15-7-3-8-16-27)36-39-32(26-43-36)34(30-21-13-6-14-22-30)41-24-28-17-9-4-10-18-28/h3-22,31-34H,23-26H2,1-2H3/t31-,32-,33+,34+/m1/s1. The van der Waals surface area contributed by atoms with Gasteiger partial charge in [-0.1, -0.05) is 121 Å². The van der Waals surface area contributed by atoms with E-state index in [-0.39, 0.29) is 24.3 Å². The van der Waals surface area contributed by atoms with Gasteiger partial charge >= 0.3 is 0 Å². The van der Waals surface area contributed by atoms with Gasteiger partial charge in [0.25, 0.3) is 0 Å². The van der Waals surface area contributed by atoms with E-state index in [0.717, 1.165) is 22.3 Å². The van der Waals surface area contributed by atoms with E-state index in [2.05, 4.69) is 62.4 Å². The molecule has 0 bridgehead atoms. The van der Waals surface area contributed by atoms with Crippen molar-refractivity contribution in [2.24, 2.45) is 15.4 Å². The summed E-state index contributed by atoms with van der Waals surface area (Å²) in [5.41, 5.74) is 3.74. The van der Waals surface area contributed by atoms with Crippen molar-refractivity contribution >= 4 is 11.8 Å². The first kappa shape index (κ1) is 28.8. The van der Waals surface area contributed by atoms with Gasteiger partial charge in [-0.25, -0.2) is 9.98 Å². The maximum absolute atomic E-state index is 6.48. The predicted molar refractivity (Wildman–Crippen MR) is 169 cm³/mol. The molecule has 6 nitrogen and oxygen atoms in total. The maximum Gasteiger partial charge on any atom is 0.199 e. The minimum Gasteiger partial charge on any atom is -0.478 e. The second-order valence-electron chi connectivity index (χ2n) is 11.5. The first-order valence-electron chi connectivity index (χ1n) is 14.9. The molecule has 4 atom stereocenters. The third kappa shape index (κ3) is 6.87. The van der Waals surface area contributed by atoms with Crippen LogP contribution in [-0.4, -0.2) is 37.1 Å². The van der Waals surface area contributed by atoms with E-state index in [4.69, 9.17) is 28.9 Å². The van der Waals surface area contributed by atoms with E-state index < -0.39 is 5.41 Å². The van der Waals surface area contributed by atoms with Gasteiger partial charge in [0.15, 0.2) is 11.8 Å². The summed E-state index contributed by atoms with van der Waals surface area (Å²) in [5.74, 6) is 1.23. The Balaban J connectivity index is 1.20. The highest BCUT2D eigenvalue weighted by Crippen LogP contribution is 2.36. The van der Waals surface area contributed by atoms with Gasteiger partial charge < -0.3 is 18.9 Å². The van der Waals surface area contributed by atoms with E-state index >= 15 is 0 Å². The first-order chi connectivity index (χ1) is 21.1. The fourth-order valence-corrected chi connectivity index (χ4v) is 5.53. The highest BCUT2D eigenvalue weighted by Gasteiger charge is 2.44. The van der Waals surface area contributed by atoms with Gasteiger partial charge in [-0.3, -0.25) is 0 Å². The van der Waals surface area contributed by atoms with Gasteiger partial charge in [0.1, 0.15) is 42.9 Å². The summed E-state index contributed by atoms with van der Waals surface area (Å²) in [6, 6.07) is 40.5. The van der Waals surface area contributed by atoms with Crippen LogP contribution in [0.3, 0.4) is 0 Å². The molecule has 6 rings (SSSR count). The summed E-state index contributed by atoms with van der Waals surface area (Å²) >= 11 is 0. The lowest BCUT2D eigenvalue weighted by atomic mass is 9.92. The average Bonchev–Trinajstić information content (AvgIpc) is 3.76. The van der Waals surface area contributed by atoms with E-state index in [1.54, 1.807) is 0 Å². The van der Waals surface area contributed by atoms with Crippen LogP contribution in [0.2, 0.25) is 0 Å². The van der Waals surface area contributed by atoms with Gasteiger partial charge in [0.05, 0.1) is 13.2 Å². The van der Waals surface area contributed by atoms with Crippen molar-refractivity contribution in [2.45, 2.75) is 51.4 Å². The van der Waals surface area contributed by atoms with Crippen LogP contribution >= 0.6 is 0 Å². The van der Waals surface area contributed by atoms with Gasteiger partial charge in [-0.05, 0) is 36.1 Å². The molecule has 0 saturated carbocycles. The van der Waals surface area contributed by atoms with E-state index in [1.807, 2.05) is 72.8 Å². The normalized spacial score (nSPS) is 19.6. The lowest BCUT2D eigenvalue weighted by Gasteiger charge is -2.23. The third-order valence-corrected chi connectivity index (χ3v) is 7.92. The number of hydrogen-bond acceptors (Lipinski definition) is 6.